The number of aromatic nitrogens is 6. The first-order chi connectivity index (χ1) is 16.5. The number of nitrogens with two attached hydrogens (primary N) is 1. The molecule has 0 spiro atoms. The first-order valence-corrected chi connectivity index (χ1v) is 11.3. The van der Waals surface area contributed by atoms with E-state index in [1.54, 1.807) is 11.6 Å². The summed E-state index contributed by atoms with van der Waals surface area (Å²) >= 11 is 0. The fourth-order valence-corrected chi connectivity index (χ4v) is 3.58. The number of ether oxygens (including phenoxy) is 1. The molecule has 1 aromatic carbocycles. The Morgan fingerprint density at radius 2 is 1.76 bits per heavy atom. The first-order valence-electron chi connectivity index (χ1n) is 11.3. The highest BCUT2D eigenvalue weighted by Crippen LogP contribution is 2.24. The Morgan fingerprint density at radius 1 is 0.971 bits per heavy atom. The monoisotopic (exact) mass is 457 g/mol. The second-order valence-corrected chi connectivity index (χ2v) is 7.78. The summed E-state index contributed by atoms with van der Waals surface area (Å²) in [4.78, 5) is 25.1. The van der Waals surface area contributed by atoms with Gasteiger partial charge in [0.05, 0.1) is 36.4 Å². The molecular weight excluding hydrogens is 430 g/mol. The molecule has 4 rings (SSSR count). The van der Waals surface area contributed by atoms with Crippen LogP contribution < -0.4 is 5.73 Å². The van der Waals surface area contributed by atoms with Crippen molar-refractivity contribution >= 4 is 11.9 Å². The van der Waals surface area contributed by atoms with Crippen molar-refractivity contribution in [2.24, 2.45) is 0 Å². The second-order valence-electron chi connectivity index (χ2n) is 7.78. The van der Waals surface area contributed by atoms with Crippen molar-refractivity contribution in [3.05, 3.63) is 71.7 Å². The van der Waals surface area contributed by atoms with Crippen molar-refractivity contribution in [1.82, 2.24) is 29.9 Å². The molecule has 0 fully saturated rings. The number of nitrogen functional groups attached to an aromatic ring is 1. The quantitative estimate of drug-likeness (QED) is 0.379. The molecule has 4 aromatic rings. The third-order valence-electron chi connectivity index (χ3n) is 5.24. The van der Waals surface area contributed by atoms with E-state index in [9.17, 15) is 4.79 Å². The lowest BCUT2D eigenvalue weighted by Gasteiger charge is -2.07. The van der Waals surface area contributed by atoms with Gasteiger partial charge in [-0.1, -0.05) is 36.4 Å². The van der Waals surface area contributed by atoms with E-state index in [0.717, 1.165) is 28.9 Å². The number of hydrogen-bond acceptors (Lipinski definition) is 8. The van der Waals surface area contributed by atoms with Crippen LogP contribution in [0.5, 0.6) is 0 Å². The SMILES string of the molecule is CCOC(=O)CCc1cccc(-c2cc(-c3cn(Cc4cccc(CC)n4)nn3)nc(N)n2)c1. The number of nitrogens with zero attached hydrogens (tertiary/aromatic N) is 6. The van der Waals surface area contributed by atoms with Crippen LogP contribution >= 0.6 is 0 Å². The van der Waals surface area contributed by atoms with Crippen LogP contribution in [0.1, 0.15) is 37.2 Å². The third kappa shape index (κ3) is 5.80. The van der Waals surface area contributed by atoms with E-state index < -0.39 is 0 Å². The van der Waals surface area contributed by atoms with Crippen LogP contribution in [-0.2, 0) is 28.9 Å². The summed E-state index contributed by atoms with van der Waals surface area (Å²) in [7, 11) is 0. The minimum Gasteiger partial charge on any atom is -0.466 e. The van der Waals surface area contributed by atoms with Gasteiger partial charge in [0, 0.05) is 17.7 Å². The Labute approximate surface area is 198 Å². The molecule has 0 radical (unpaired) electrons. The maximum absolute atomic E-state index is 11.7. The summed E-state index contributed by atoms with van der Waals surface area (Å²) < 4.78 is 6.74. The molecule has 3 aromatic heterocycles. The van der Waals surface area contributed by atoms with Gasteiger partial charge in [-0.25, -0.2) is 14.6 Å². The van der Waals surface area contributed by atoms with Crippen LogP contribution in [0, 0.1) is 0 Å². The summed E-state index contributed by atoms with van der Waals surface area (Å²) in [5.74, 6) is -0.0579. The fraction of sp³-hybridized carbons (Fsp3) is 0.280. The number of pyridine rings is 1. The summed E-state index contributed by atoms with van der Waals surface area (Å²) in [6.07, 6.45) is 3.61. The molecule has 2 N–H and O–H groups in total. The molecule has 0 saturated carbocycles. The first kappa shape index (κ1) is 23.0. The lowest BCUT2D eigenvalue weighted by atomic mass is 10.0. The van der Waals surface area contributed by atoms with Gasteiger partial charge < -0.3 is 10.5 Å². The van der Waals surface area contributed by atoms with Gasteiger partial charge in [-0.2, -0.15) is 0 Å². The van der Waals surface area contributed by atoms with Crippen molar-refractivity contribution in [2.75, 3.05) is 12.3 Å². The molecule has 0 saturated heterocycles. The molecule has 0 aliphatic carbocycles. The predicted molar refractivity (Wildman–Crippen MR) is 129 cm³/mol. The molecule has 3 heterocycles. The van der Waals surface area contributed by atoms with E-state index in [2.05, 4.69) is 32.2 Å². The summed E-state index contributed by atoms with van der Waals surface area (Å²) in [6.45, 7) is 4.77. The van der Waals surface area contributed by atoms with Gasteiger partial charge in [0.2, 0.25) is 5.95 Å². The number of hydrogen-bond donors (Lipinski definition) is 1. The third-order valence-corrected chi connectivity index (χ3v) is 5.24. The Hall–Kier alpha value is -4.14. The maximum atomic E-state index is 11.7. The van der Waals surface area contributed by atoms with Crippen LogP contribution in [0.25, 0.3) is 22.6 Å². The normalized spacial score (nSPS) is 10.9. The summed E-state index contributed by atoms with van der Waals surface area (Å²) in [5, 5.41) is 8.50. The maximum Gasteiger partial charge on any atom is 0.306 e. The van der Waals surface area contributed by atoms with Crippen molar-refractivity contribution in [3.63, 3.8) is 0 Å². The zero-order valence-electron chi connectivity index (χ0n) is 19.3. The minimum atomic E-state index is -0.207. The van der Waals surface area contributed by atoms with E-state index in [0.29, 0.717) is 43.1 Å². The zero-order chi connectivity index (χ0) is 23.9. The Morgan fingerprint density at radius 3 is 2.59 bits per heavy atom. The molecule has 9 heteroatoms. The number of anilines is 1. The molecule has 34 heavy (non-hydrogen) atoms. The van der Waals surface area contributed by atoms with Crippen molar-refractivity contribution in [1.29, 1.82) is 0 Å². The lowest BCUT2D eigenvalue weighted by molar-refractivity contribution is -0.143. The van der Waals surface area contributed by atoms with Crippen LogP contribution in [-0.4, -0.2) is 42.5 Å². The predicted octanol–water partition coefficient (Wildman–Crippen LogP) is 3.49. The number of carbonyl (C=O) groups excluding carboxylic acids is 1. The average molecular weight is 458 g/mol. The van der Waals surface area contributed by atoms with Gasteiger partial charge in [0.25, 0.3) is 0 Å². The standard InChI is InChI=1S/C25H27N7O2/c1-3-19-9-6-10-20(27-19)15-32-16-23(30-31-32)22-14-21(28-25(26)29-22)18-8-5-7-17(13-18)11-12-24(33)34-4-2/h5-10,13-14,16H,3-4,11-12,15H2,1-2H3,(H2,26,28,29). The van der Waals surface area contributed by atoms with Crippen LogP contribution in [0.15, 0.2) is 54.7 Å². The molecule has 0 bridgehead atoms. The molecule has 174 valence electrons. The number of rotatable bonds is 9. The van der Waals surface area contributed by atoms with Crippen molar-refractivity contribution in [3.8, 4) is 22.6 Å². The highest BCUT2D eigenvalue weighted by atomic mass is 16.5. The van der Waals surface area contributed by atoms with Crippen molar-refractivity contribution < 1.29 is 9.53 Å². The molecule has 0 aliphatic rings. The largest absolute Gasteiger partial charge is 0.466 e. The lowest BCUT2D eigenvalue weighted by Crippen LogP contribution is -2.05. The Kier molecular flexibility index (Phi) is 7.22. The van der Waals surface area contributed by atoms with Crippen LogP contribution in [0.2, 0.25) is 0 Å². The molecule has 9 nitrogen and oxygen atoms in total. The summed E-state index contributed by atoms with van der Waals surface area (Å²) in [6, 6.07) is 15.7. The highest BCUT2D eigenvalue weighted by Gasteiger charge is 2.12. The highest BCUT2D eigenvalue weighted by molar-refractivity contribution is 5.70. The van der Waals surface area contributed by atoms with Gasteiger partial charge >= 0.3 is 5.97 Å². The topological polar surface area (TPSA) is 122 Å². The molecular formula is C25H27N7O2. The smallest absolute Gasteiger partial charge is 0.306 e. The van der Waals surface area contributed by atoms with Gasteiger partial charge in [0.1, 0.15) is 5.69 Å². The zero-order valence-corrected chi connectivity index (χ0v) is 19.3. The van der Waals surface area contributed by atoms with Gasteiger partial charge in [-0.3, -0.25) is 9.78 Å². The minimum absolute atomic E-state index is 0.149. The van der Waals surface area contributed by atoms with E-state index >= 15 is 0 Å². The number of carbonyl (C=O) groups is 1. The summed E-state index contributed by atoms with van der Waals surface area (Å²) in [5.41, 5.74) is 11.7. The number of benzene rings is 1. The van der Waals surface area contributed by atoms with Gasteiger partial charge in [0.15, 0.2) is 0 Å². The Balaban J connectivity index is 1.54. The molecule has 0 atom stereocenters. The average Bonchev–Trinajstić information content (AvgIpc) is 3.31. The van der Waals surface area contributed by atoms with E-state index in [1.165, 1.54) is 0 Å². The second kappa shape index (κ2) is 10.7. The van der Waals surface area contributed by atoms with E-state index in [1.807, 2.05) is 54.7 Å². The van der Waals surface area contributed by atoms with Crippen LogP contribution in [0.4, 0.5) is 5.95 Å². The Bertz CT molecular complexity index is 1290. The van der Waals surface area contributed by atoms with E-state index in [-0.39, 0.29) is 11.9 Å². The molecule has 0 aliphatic heterocycles. The van der Waals surface area contributed by atoms with Crippen molar-refractivity contribution in [2.45, 2.75) is 39.7 Å². The van der Waals surface area contributed by atoms with Gasteiger partial charge in [-0.05, 0) is 49.6 Å². The number of aryl methyl sites for hydroxylation is 2. The van der Waals surface area contributed by atoms with Gasteiger partial charge in [-0.15, -0.1) is 5.10 Å². The van der Waals surface area contributed by atoms with Crippen LogP contribution in [0.3, 0.4) is 0 Å². The fourth-order valence-electron chi connectivity index (χ4n) is 3.58. The molecule has 0 unspecified atom stereocenters. The van der Waals surface area contributed by atoms with E-state index in [4.69, 9.17) is 10.5 Å². The molecule has 0 amide bonds. The number of esters is 1.